The quantitative estimate of drug-likeness (QED) is 0.312. The topological polar surface area (TPSA) is 125 Å². The highest BCUT2D eigenvalue weighted by Gasteiger charge is 2.23. The number of halogens is 1. The predicted octanol–water partition coefficient (Wildman–Crippen LogP) is 4.38. The Balaban J connectivity index is 1.54. The molecule has 10 heteroatoms. The van der Waals surface area contributed by atoms with Crippen LogP contribution in [0, 0.1) is 17.2 Å². The van der Waals surface area contributed by atoms with Crippen LogP contribution in [-0.2, 0) is 16.0 Å². The summed E-state index contributed by atoms with van der Waals surface area (Å²) >= 11 is 4.77. The molecule has 0 fully saturated rings. The van der Waals surface area contributed by atoms with Crippen LogP contribution in [0.2, 0.25) is 0 Å². The molecule has 0 aliphatic rings. The van der Waals surface area contributed by atoms with Crippen LogP contribution < -0.4 is 0 Å². The number of rotatable bonds is 9. The van der Waals surface area contributed by atoms with E-state index in [-0.39, 0.29) is 24.4 Å². The molecule has 0 aliphatic heterocycles. The highest BCUT2D eigenvalue weighted by Crippen LogP contribution is 2.32. The average molecular weight is 524 g/mol. The number of imidazole rings is 2. The second-order valence-electron chi connectivity index (χ2n) is 7.34. The maximum Gasteiger partial charge on any atom is 0.307 e. The number of hydrogen-bond donors (Lipinski definition) is 2. The van der Waals surface area contributed by atoms with Crippen molar-refractivity contribution in [1.29, 1.82) is 5.26 Å². The molecule has 0 aliphatic carbocycles. The molecule has 8 nitrogen and oxygen atoms in total. The van der Waals surface area contributed by atoms with Gasteiger partial charge in [-0.2, -0.15) is 5.26 Å². The van der Waals surface area contributed by atoms with Gasteiger partial charge in [0.2, 0.25) is 0 Å². The van der Waals surface area contributed by atoms with Gasteiger partial charge < -0.3 is 10.1 Å². The molecule has 4 aromatic rings. The van der Waals surface area contributed by atoms with Crippen LogP contribution in [0.5, 0.6) is 0 Å². The summed E-state index contributed by atoms with van der Waals surface area (Å²) in [5.41, 5.74) is 2.08. The fourth-order valence-electron chi connectivity index (χ4n) is 3.60. The van der Waals surface area contributed by atoms with E-state index >= 15 is 0 Å². The third-order valence-corrected chi connectivity index (χ3v) is 6.73. The molecule has 2 aromatic carbocycles. The summed E-state index contributed by atoms with van der Waals surface area (Å²) in [5, 5.41) is 21.2. The van der Waals surface area contributed by atoms with E-state index in [1.807, 2.05) is 34.9 Å². The van der Waals surface area contributed by atoms with Crippen molar-refractivity contribution in [3.05, 3.63) is 71.0 Å². The average Bonchev–Trinajstić information content (AvgIpc) is 3.46. The van der Waals surface area contributed by atoms with Crippen LogP contribution in [0.4, 0.5) is 0 Å². The lowest BCUT2D eigenvalue weighted by molar-refractivity contribution is -0.143. The van der Waals surface area contributed by atoms with E-state index in [0.29, 0.717) is 21.0 Å². The molecular formula is C23H18BrN5O3S. The van der Waals surface area contributed by atoms with E-state index in [1.165, 1.54) is 18.1 Å². The number of nitrogens with one attached hydrogen (secondary N) is 1. The van der Waals surface area contributed by atoms with Gasteiger partial charge >= 0.3 is 5.97 Å². The maximum atomic E-state index is 12.6. The van der Waals surface area contributed by atoms with Gasteiger partial charge in [0.05, 0.1) is 41.5 Å². The Morgan fingerprint density at radius 1 is 1.21 bits per heavy atom. The van der Waals surface area contributed by atoms with Crippen molar-refractivity contribution in [1.82, 2.24) is 19.5 Å². The summed E-state index contributed by atoms with van der Waals surface area (Å²) in [7, 11) is 0. The number of carbonyl (C=O) groups is 2. The summed E-state index contributed by atoms with van der Waals surface area (Å²) in [6.07, 6.45) is 4.83. The normalized spacial score (nSPS) is 11.9. The number of thioether (sulfide) groups is 1. The first-order valence-electron chi connectivity index (χ1n) is 9.98. The van der Waals surface area contributed by atoms with E-state index in [4.69, 9.17) is 0 Å². The van der Waals surface area contributed by atoms with Crippen molar-refractivity contribution in [3.63, 3.8) is 0 Å². The first-order chi connectivity index (χ1) is 16.0. The number of ketones is 1. The van der Waals surface area contributed by atoms with Crippen molar-refractivity contribution >= 4 is 50.2 Å². The molecule has 0 bridgehead atoms. The molecule has 2 aromatic heterocycles. The van der Waals surface area contributed by atoms with E-state index in [0.717, 1.165) is 16.5 Å². The van der Waals surface area contributed by atoms with E-state index < -0.39 is 11.9 Å². The van der Waals surface area contributed by atoms with E-state index in [2.05, 4.69) is 37.0 Å². The summed E-state index contributed by atoms with van der Waals surface area (Å²) < 4.78 is 2.58. The highest BCUT2D eigenvalue weighted by molar-refractivity contribution is 9.10. The van der Waals surface area contributed by atoms with Gasteiger partial charge in [-0.05, 0) is 28.1 Å². The largest absolute Gasteiger partial charge is 0.481 e. The van der Waals surface area contributed by atoms with Gasteiger partial charge in [-0.15, -0.1) is 0 Å². The number of nitrogens with zero attached hydrogens (tertiary/aromatic N) is 4. The SMILES string of the molecule is N#Cc1ccc(-n2c(Br)cnc2SCC(=O)CC(Cc2cnc[nH]2)C(=O)O)c2ccccc12. The van der Waals surface area contributed by atoms with Crippen molar-refractivity contribution in [2.24, 2.45) is 5.92 Å². The number of aromatic amines is 1. The Morgan fingerprint density at radius 3 is 2.70 bits per heavy atom. The number of carbonyl (C=O) groups excluding carboxylic acids is 1. The Labute approximate surface area is 201 Å². The lowest BCUT2D eigenvalue weighted by Gasteiger charge is -2.13. The second kappa shape index (κ2) is 10.0. The molecule has 0 saturated carbocycles. The van der Waals surface area contributed by atoms with Gasteiger partial charge in [0.1, 0.15) is 10.4 Å². The standard InChI is InChI=1S/C23H18BrN5O3S/c24-21-11-27-23(29(21)20-6-5-14(9-25)18-3-1-2-4-19(18)20)33-12-17(30)8-15(22(31)32)7-16-10-26-13-28-16/h1-6,10-11,13,15H,7-8,12H2,(H,26,28)(H,31,32). The summed E-state index contributed by atoms with van der Waals surface area (Å²) in [6.45, 7) is 0. The third kappa shape index (κ3) is 4.99. The van der Waals surface area contributed by atoms with Crippen LogP contribution >= 0.6 is 27.7 Å². The maximum absolute atomic E-state index is 12.6. The number of aliphatic carboxylic acids is 1. The zero-order chi connectivity index (χ0) is 23.4. The molecule has 0 saturated heterocycles. The van der Waals surface area contributed by atoms with E-state index in [9.17, 15) is 20.0 Å². The number of nitriles is 1. The van der Waals surface area contributed by atoms with Gasteiger partial charge in [0.25, 0.3) is 0 Å². The van der Waals surface area contributed by atoms with Gasteiger partial charge in [0, 0.05) is 35.5 Å². The predicted molar refractivity (Wildman–Crippen MR) is 127 cm³/mol. The van der Waals surface area contributed by atoms with Crippen LogP contribution in [-0.4, -0.2) is 42.1 Å². The Bertz CT molecular complexity index is 1360. The number of fused-ring (bicyclic) bond motifs is 1. The number of carboxylic acid groups (broad SMARTS) is 1. The van der Waals surface area contributed by atoms with Gasteiger partial charge in [-0.1, -0.05) is 36.0 Å². The fraction of sp³-hybridized carbons (Fsp3) is 0.174. The van der Waals surface area contributed by atoms with Gasteiger partial charge in [-0.25, -0.2) is 9.97 Å². The van der Waals surface area contributed by atoms with Crippen molar-refractivity contribution in [3.8, 4) is 11.8 Å². The van der Waals surface area contributed by atoms with Crippen molar-refractivity contribution in [2.45, 2.75) is 18.0 Å². The first-order valence-corrected chi connectivity index (χ1v) is 11.8. The molecule has 4 rings (SSSR count). The minimum Gasteiger partial charge on any atom is -0.481 e. The molecule has 1 unspecified atom stereocenters. The van der Waals surface area contributed by atoms with Crippen LogP contribution in [0.25, 0.3) is 16.5 Å². The number of Topliss-reactive ketones (excluding diaryl/α,β-unsaturated/α-hetero) is 1. The molecular weight excluding hydrogens is 506 g/mol. The molecule has 0 radical (unpaired) electrons. The number of aromatic nitrogens is 4. The van der Waals surface area contributed by atoms with Crippen LogP contribution in [0.3, 0.4) is 0 Å². The molecule has 166 valence electrons. The van der Waals surface area contributed by atoms with Gasteiger partial charge in [-0.3, -0.25) is 14.2 Å². The Kier molecular flexibility index (Phi) is 6.91. The summed E-state index contributed by atoms with van der Waals surface area (Å²) in [4.78, 5) is 35.4. The molecule has 1 atom stereocenters. The molecule has 33 heavy (non-hydrogen) atoms. The van der Waals surface area contributed by atoms with Crippen LogP contribution in [0.1, 0.15) is 17.7 Å². The zero-order valence-corrected chi connectivity index (χ0v) is 19.6. The highest BCUT2D eigenvalue weighted by atomic mass is 79.9. The summed E-state index contributed by atoms with van der Waals surface area (Å²) in [6, 6.07) is 13.4. The van der Waals surface area contributed by atoms with Crippen molar-refractivity contribution in [2.75, 3.05) is 5.75 Å². The number of carboxylic acids is 1. The smallest absolute Gasteiger partial charge is 0.307 e. The minimum atomic E-state index is -1.02. The minimum absolute atomic E-state index is 0.0803. The number of H-pyrrole nitrogens is 1. The molecule has 2 N–H and O–H groups in total. The monoisotopic (exact) mass is 523 g/mol. The second-order valence-corrected chi connectivity index (χ2v) is 9.09. The first kappa shape index (κ1) is 22.8. The van der Waals surface area contributed by atoms with Crippen LogP contribution in [0.15, 0.2) is 64.9 Å². The van der Waals surface area contributed by atoms with Gasteiger partial charge in [0.15, 0.2) is 5.16 Å². The third-order valence-electron chi connectivity index (χ3n) is 5.16. The number of benzene rings is 2. The van der Waals surface area contributed by atoms with Crippen molar-refractivity contribution < 1.29 is 14.7 Å². The summed E-state index contributed by atoms with van der Waals surface area (Å²) in [5.74, 6) is -1.93. The lowest BCUT2D eigenvalue weighted by Crippen LogP contribution is -2.21. The molecule has 2 heterocycles. The Hall–Kier alpha value is -3.42. The number of hydrogen-bond acceptors (Lipinski definition) is 6. The van der Waals surface area contributed by atoms with E-state index in [1.54, 1.807) is 18.5 Å². The molecule has 0 amide bonds. The molecule has 0 spiro atoms. The lowest BCUT2D eigenvalue weighted by atomic mass is 9.98. The Morgan fingerprint density at radius 2 is 2.00 bits per heavy atom. The fourth-order valence-corrected chi connectivity index (χ4v) is 5.04. The zero-order valence-electron chi connectivity index (χ0n) is 17.2.